The molecule has 0 heterocycles. The zero-order valence-electron chi connectivity index (χ0n) is 16.4. The zero-order chi connectivity index (χ0) is 23.1. The summed E-state index contributed by atoms with van der Waals surface area (Å²) in [6, 6.07) is 19.8. The zero-order valence-corrected chi connectivity index (χ0v) is 18.8. The fourth-order valence-corrected chi connectivity index (χ4v) is 3.15. The molecule has 0 spiro atoms. The topological polar surface area (TPSA) is 105 Å². The number of nitrogens with one attached hydrogen (secondary N) is 1. The summed E-state index contributed by atoms with van der Waals surface area (Å²) in [7, 11) is 0. The Morgan fingerprint density at radius 1 is 1.19 bits per heavy atom. The number of carbonyl (C=O) groups excluding carboxylic acids is 1. The van der Waals surface area contributed by atoms with Crippen LogP contribution in [0.1, 0.15) is 11.1 Å². The van der Waals surface area contributed by atoms with Crippen LogP contribution in [-0.4, -0.2) is 10.8 Å². The molecule has 0 saturated carbocycles. The predicted molar refractivity (Wildman–Crippen MR) is 125 cm³/mol. The summed E-state index contributed by atoms with van der Waals surface area (Å²) in [6.07, 6.45) is 1.36. The molecule has 3 rings (SSSR count). The van der Waals surface area contributed by atoms with E-state index in [-0.39, 0.29) is 23.6 Å². The Labute approximate surface area is 197 Å². The minimum Gasteiger partial charge on any atom is -0.488 e. The molecule has 7 nitrogen and oxygen atoms in total. The van der Waals surface area contributed by atoms with Gasteiger partial charge < -0.3 is 10.1 Å². The molecule has 0 saturated heterocycles. The Kier molecular flexibility index (Phi) is 7.60. The Hall–Kier alpha value is -3.67. The number of carbonyl (C=O) groups is 1. The van der Waals surface area contributed by atoms with Gasteiger partial charge in [0.2, 0.25) is 0 Å². The highest BCUT2D eigenvalue weighted by atomic mass is 79.9. The average molecular weight is 513 g/mol. The van der Waals surface area contributed by atoms with Crippen LogP contribution in [0.2, 0.25) is 5.02 Å². The van der Waals surface area contributed by atoms with Gasteiger partial charge in [-0.05, 0) is 48.0 Å². The summed E-state index contributed by atoms with van der Waals surface area (Å²) in [5.74, 6) is -0.278. The number of benzene rings is 3. The summed E-state index contributed by atoms with van der Waals surface area (Å²) >= 11 is 9.48. The van der Waals surface area contributed by atoms with E-state index in [1.54, 1.807) is 18.2 Å². The minimum absolute atomic E-state index is 0.177. The molecule has 0 radical (unpaired) electrons. The Balaban J connectivity index is 1.82. The van der Waals surface area contributed by atoms with Crippen molar-refractivity contribution < 1.29 is 14.5 Å². The van der Waals surface area contributed by atoms with Crippen molar-refractivity contribution in [3.63, 3.8) is 0 Å². The lowest BCUT2D eigenvalue weighted by atomic mass is 10.1. The number of non-ortho nitro benzene ring substituents is 1. The Morgan fingerprint density at radius 3 is 2.62 bits per heavy atom. The van der Waals surface area contributed by atoms with Crippen molar-refractivity contribution >= 4 is 50.9 Å². The molecule has 0 unspecified atom stereocenters. The molecule has 0 fully saturated rings. The average Bonchev–Trinajstić information content (AvgIpc) is 2.78. The van der Waals surface area contributed by atoms with E-state index in [0.29, 0.717) is 16.3 Å². The van der Waals surface area contributed by atoms with Crippen LogP contribution < -0.4 is 10.1 Å². The smallest absolute Gasteiger partial charge is 0.271 e. The van der Waals surface area contributed by atoms with Gasteiger partial charge >= 0.3 is 0 Å². The highest BCUT2D eigenvalue weighted by molar-refractivity contribution is 9.10. The standard InChI is InChI=1S/C23H15BrClN3O4/c24-18-6-4-15(5-7-18)14-32-22-9-8-19(25)11-16(22)10-17(13-26)23(29)27-20-2-1-3-21(12-20)28(30)31/h1-12H,14H2,(H,27,29)/b17-10+. The number of nitriles is 1. The molecular formula is C23H15BrClN3O4. The fraction of sp³-hybridized carbons (Fsp3) is 0.0435. The van der Waals surface area contributed by atoms with Crippen molar-refractivity contribution in [2.75, 3.05) is 5.32 Å². The van der Waals surface area contributed by atoms with Gasteiger partial charge in [-0.15, -0.1) is 0 Å². The number of nitro benzene ring substituents is 1. The van der Waals surface area contributed by atoms with Crippen molar-refractivity contribution in [3.8, 4) is 11.8 Å². The van der Waals surface area contributed by atoms with E-state index >= 15 is 0 Å². The monoisotopic (exact) mass is 511 g/mol. The number of amides is 1. The summed E-state index contributed by atoms with van der Waals surface area (Å²) in [5.41, 5.74) is 1.18. The molecule has 1 N–H and O–H groups in total. The van der Waals surface area contributed by atoms with E-state index < -0.39 is 10.8 Å². The first-order valence-corrected chi connectivity index (χ1v) is 10.4. The van der Waals surface area contributed by atoms with E-state index in [4.69, 9.17) is 16.3 Å². The van der Waals surface area contributed by atoms with Crippen LogP contribution in [0.25, 0.3) is 6.08 Å². The maximum absolute atomic E-state index is 12.6. The Bertz CT molecular complexity index is 1240. The van der Waals surface area contributed by atoms with Gasteiger partial charge in [-0.1, -0.05) is 45.7 Å². The van der Waals surface area contributed by atoms with Gasteiger partial charge in [0.15, 0.2) is 0 Å². The molecular weight excluding hydrogens is 498 g/mol. The summed E-state index contributed by atoms with van der Waals surface area (Å²) in [4.78, 5) is 22.9. The lowest BCUT2D eigenvalue weighted by molar-refractivity contribution is -0.384. The molecule has 3 aromatic rings. The second-order valence-electron chi connectivity index (χ2n) is 6.53. The van der Waals surface area contributed by atoms with E-state index in [9.17, 15) is 20.2 Å². The van der Waals surface area contributed by atoms with Gasteiger partial charge in [0, 0.05) is 32.9 Å². The number of rotatable bonds is 7. The maximum atomic E-state index is 12.6. The fourth-order valence-electron chi connectivity index (χ4n) is 2.71. The second kappa shape index (κ2) is 10.6. The van der Waals surface area contributed by atoms with Gasteiger partial charge in [-0.3, -0.25) is 14.9 Å². The number of nitrogens with zero attached hydrogens (tertiary/aromatic N) is 2. The lowest BCUT2D eigenvalue weighted by Gasteiger charge is -2.11. The molecule has 160 valence electrons. The van der Waals surface area contributed by atoms with Crippen LogP contribution in [-0.2, 0) is 11.4 Å². The van der Waals surface area contributed by atoms with Gasteiger partial charge in [-0.25, -0.2) is 0 Å². The number of halogens is 2. The van der Waals surface area contributed by atoms with Gasteiger partial charge in [-0.2, -0.15) is 5.26 Å². The quantitative estimate of drug-likeness (QED) is 0.177. The van der Waals surface area contributed by atoms with Gasteiger partial charge in [0.1, 0.15) is 24.0 Å². The molecule has 0 bridgehead atoms. The summed E-state index contributed by atoms with van der Waals surface area (Å²) in [6.45, 7) is 0.275. The van der Waals surface area contributed by atoms with Crippen molar-refractivity contribution in [1.29, 1.82) is 5.26 Å². The number of hydrogen-bond acceptors (Lipinski definition) is 5. The molecule has 0 aliphatic carbocycles. The van der Waals surface area contributed by atoms with Crippen LogP contribution in [0, 0.1) is 21.4 Å². The molecule has 1 amide bonds. The molecule has 0 atom stereocenters. The number of hydrogen-bond donors (Lipinski definition) is 1. The normalized spacial score (nSPS) is 10.8. The first-order chi connectivity index (χ1) is 15.4. The van der Waals surface area contributed by atoms with Gasteiger partial charge in [0.05, 0.1) is 4.92 Å². The minimum atomic E-state index is -0.716. The maximum Gasteiger partial charge on any atom is 0.271 e. The molecule has 32 heavy (non-hydrogen) atoms. The van der Waals surface area contributed by atoms with Crippen LogP contribution in [0.5, 0.6) is 5.75 Å². The van der Waals surface area contributed by atoms with Crippen molar-refractivity contribution in [2.24, 2.45) is 0 Å². The van der Waals surface area contributed by atoms with E-state index in [2.05, 4.69) is 21.2 Å². The van der Waals surface area contributed by atoms with E-state index in [0.717, 1.165) is 10.0 Å². The molecule has 0 aliphatic rings. The van der Waals surface area contributed by atoms with Crippen LogP contribution >= 0.6 is 27.5 Å². The SMILES string of the molecule is N#C/C(=C\c1cc(Cl)ccc1OCc1ccc(Br)cc1)C(=O)Nc1cccc([N+](=O)[O-])c1. The first-order valence-electron chi connectivity index (χ1n) is 9.20. The first kappa shape index (κ1) is 23.0. The Morgan fingerprint density at radius 2 is 1.94 bits per heavy atom. The molecule has 0 aromatic heterocycles. The molecule has 0 aliphatic heterocycles. The molecule has 9 heteroatoms. The number of nitro groups is 1. The number of ether oxygens (including phenoxy) is 1. The molecule has 3 aromatic carbocycles. The summed E-state index contributed by atoms with van der Waals surface area (Å²) < 4.78 is 6.82. The highest BCUT2D eigenvalue weighted by Gasteiger charge is 2.14. The largest absolute Gasteiger partial charge is 0.488 e. The van der Waals surface area contributed by atoms with Gasteiger partial charge in [0.25, 0.3) is 11.6 Å². The lowest BCUT2D eigenvalue weighted by Crippen LogP contribution is -2.13. The van der Waals surface area contributed by atoms with Crippen molar-refractivity contribution in [2.45, 2.75) is 6.61 Å². The van der Waals surface area contributed by atoms with E-state index in [1.165, 1.54) is 30.3 Å². The second-order valence-corrected chi connectivity index (χ2v) is 7.88. The van der Waals surface area contributed by atoms with Crippen LogP contribution in [0.15, 0.2) is 76.8 Å². The third kappa shape index (κ3) is 6.17. The predicted octanol–water partition coefficient (Wildman–Crippen LogP) is 6.14. The van der Waals surface area contributed by atoms with Crippen LogP contribution in [0.3, 0.4) is 0 Å². The number of anilines is 1. The van der Waals surface area contributed by atoms with E-state index in [1.807, 2.05) is 30.3 Å². The highest BCUT2D eigenvalue weighted by Crippen LogP contribution is 2.27. The van der Waals surface area contributed by atoms with Crippen molar-refractivity contribution in [3.05, 3.63) is 103 Å². The third-order valence-corrected chi connectivity index (χ3v) is 5.02. The van der Waals surface area contributed by atoms with Crippen molar-refractivity contribution in [1.82, 2.24) is 0 Å². The van der Waals surface area contributed by atoms with Crippen LogP contribution in [0.4, 0.5) is 11.4 Å². The summed E-state index contributed by atoms with van der Waals surface area (Å²) in [5, 5.41) is 23.3. The third-order valence-electron chi connectivity index (χ3n) is 4.26.